The molecule has 5 rings (SSSR count). The van der Waals surface area contributed by atoms with Crippen LogP contribution in [0.15, 0.2) is 52.3 Å². The number of aromatic amines is 1. The second kappa shape index (κ2) is 8.27. The van der Waals surface area contributed by atoms with Crippen molar-refractivity contribution in [1.29, 1.82) is 0 Å². The first-order valence-corrected chi connectivity index (χ1v) is 11.8. The zero-order valence-corrected chi connectivity index (χ0v) is 19.6. The Morgan fingerprint density at radius 1 is 0.879 bits per heavy atom. The topological polar surface area (TPSA) is 97.9 Å². The first-order chi connectivity index (χ1) is 16.0. The third-order valence-electron chi connectivity index (χ3n) is 5.92. The highest BCUT2D eigenvalue weighted by molar-refractivity contribution is 8.00. The van der Waals surface area contributed by atoms with E-state index in [1.165, 1.54) is 23.8 Å². The van der Waals surface area contributed by atoms with Gasteiger partial charge < -0.3 is 19.2 Å². The van der Waals surface area contributed by atoms with Crippen LogP contribution in [0.25, 0.3) is 0 Å². The maximum Gasteiger partial charge on any atom is 0.305 e. The van der Waals surface area contributed by atoms with Crippen LogP contribution in [0.5, 0.6) is 17.2 Å². The van der Waals surface area contributed by atoms with Crippen LogP contribution in [0.2, 0.25) is 0 Å². The number of benzene rings is 2. The van der Waals surface area contributed by atoms with Gasteiger partial charge in [-0.1, -0.05) is 29.2 Å². The van der Waals surface area contributed by atoms with Gasteiger partial charge >= 0.3 is 4.87 Å². The molecule has 3 heterocycles. The Morgan fingerprint density at radius 2 is 1.61 bits per heavy atom. The lowest BCUT2D eigenvalue weighted by molar-refractivity contribution is -0.122. The molecule has 1 N–H and O–H groups in total. The average molecular weight is 485 g/mol. The Morgan fingerprint density at radius 3 is 2.27 bits per heavy atom. The summed E-state index contributed by atoms with van der Waals surface area (Å²) in [5, 5.41) is -0.0285. The van der Waals surface area contributed by atoms with Gasteiger partial charge in [0.15, 0.2) is 11.5 Å². The molecule has 0 spiro atoms. The molecule has 2 aromatic carbocycles. The number of aromatic nitrogens is 1. The lowest BCUT2D eigenvalue weighted by Crippen LogP contribution is -2.32. The third-order valence-corrected chi connectivity index (χ3v) is 8.32. The van der Waals surface area contributed by atoms with Crippen molar-refractivity contribution in [2.24, 2.45) is 5.92 Å². The van der Waals surface area contributed by atoms with Gasteiger partial charge in [0.05, 0.1) is 38.0 Å². The van der Waals surface area contributed by atoms with E-state index in [4.69, 9.17) is 14.2 Å². The highest BCUT2D eigenvalue weighted by Crippen LogP contribution is 2.53. The second-order valence-electron chi connectivity index (χ2n) is 7.57. The highest BCUT2D eigenvalue weighted by Gasteiger charge is 2.56. The van der Waals surface area contributed by atoms with Gasteiger partial charge in [-0.15, -0.1) is 0 Å². The molecule has 2 unspecified atom stereocenters. The number of thiazole rings is 1. The van der Waals surface area contributed by atoms with Crippen molar-refractivity contribution in [2.45, 2.75) is 16.2 Å². The zero-order chi connectivity index (χ0) is 23.3. The molecule has 0 aliphatic carbocycles. The normalized spacial score (nSPS) is 21.5. The van der Waals surface area contributed by atoms with Gasteiger partial charge in [0.1, 0.15) is 11.0 Å². The standard InChI is InChI=1S/C23H20N2O6S2/c1-29-13-7-5-12(6-8-13)25-21(26)17-16(11-4-9-14(30-2)15(10-11)31-3)18-20(24-23(28)33-18)32-19(17)22(25)27/h4-10,16-17,19H,1-3H3,(H,24,28)/t16-,17?,19?/m1/s1. The first-order valence-electron chi connectivity index (χ1n) is 10.1. The predicted molar refractivity (Wildman–Crippen MR) is 125 cm³/mol. The number of hydrogen-bond acceptors (Lipinski definition) is 8. The maximum atomic E-state index is 13.7. The fourth-order valence-corrected chi connectivity index (χ4v) is 6.92. The van der Waals surface area contributed by atoms with Crippen molar-refractivity contribution in [3.05, 3.63) is 62.6 Å². The van der Waals surface area contributed by atoms with Crippen molar-refractivity contribution in [3.8, 4) is 17.2 Å². The molecule has 10 heteroatoms. The summed E-state index contributed by atoms with van der Waals surface area (Å²) in [5.74, 6) is -0.0432. The van der Waals surface area contributed by atoms with Gasteiger partial charge in [0.25, 0.3) is 0 Å². The van der Waals surface area contributed by atoms with Gasteiger partial charge in [0, 0.05) is 10.8 Å². The number of carbonyl (C=O) groups is 2. The number of hydrogen-bond donors (Lipinski definition) is 1. The number of amides is 2. The minimum absolute atomic E-state index is 0.218. The number of imide groups is 1. The van der Waals surface area contributed by atoms with Crippen LogP contribution < -0.4 is 24.0 Å². The summed E-state index contributed by atoms with van der Waals surface area (Å²) in [7, 11) is 4.64. The Bertz CT molecular complexity index is 1300. The molecule has 3 atom stereocenters. The number of H-pyrrole nitrogens is 1. The number of nitrogens with zero attached hydrogens (tertiary/aromatic N) is 1. The molecule has 2 amide bonds. The lowest BCUT2D eigenvalue weighted by Gasteiger charge is -2.30. The van der Waals surface area contributed by atoms with Crippen molar-refractivity contribution < 1.29 is 23.8 Å². The van der Waals surface area contributed by atoms with Crippen molar-refractivity contribution in [2.75, 3.05) is 26.2 Å². The van der Waals surface area contributed by atoms with E-state index in [1.807, 2.05) is 6.07 Å². The smallest absolute Gasteiger partial charge is 0.305 e. The van der Waals surface area contributed by atoms with E-state index in [0.29, 0.717) is 28.0 Å². The summed E-state index contributed by atoms with van der Waals surface area (Å²) in [6, 6.07) is 12.2. The number of carbonyl (C=O) groups excluding carboxylic acids is 2. The van der Waals surface area contributed by atoms with Crippen LogP contribution in [-0.4, -0.2) is 43.4 Å². The van der Waals surface area contributed by atoms with E-state index < -0.39 is 17.1 Å². The Hall–Kier alpha value is -3.24. The molecule has 1 fully saturated rings. The van der Waals surface area contributed by atoms with Crippen molar-refractivity contribution in [1.82, 2.24) is 4.98 Å². The third kappa shape index (κ3) is 3.41. The Labute approximate surface area is 197 Å². The number of methoxy groups -OCH3 is 3. The monoisotopic (exact) mass is 484 g/mol. The van der Waals surface area contributed by atoms with E-state index in [-0.39, 0.29) is 16.7 Å². The van der Waals surface area contributed by atoms with Gasteiger partial charge in [0.2, 0.25) is 11.8 Å². The summed E-state index contributed by atoms with van der Waals surface area (Å²) < 4.78 is 16.0. The van der Waals surface area contributed by atoms with E-state index in [2.05, 4.69) is 4.98 Å². The Balaban J connectivity index is 1.63. The molecule has 0 bridgehead atoms. The van der Waals surface area contributed by atoms with Crippen LogP contribution in [0.3, 0.4) is 0 Å². The maximum absolute atomic E-state index is 13.7. The number of nitrogens with one attached hydrogen (secondary N) is 1. The molecule has 170 valence electrons. The number of anilines is 1. The fraction of sp³-hybridized carbons (Fsp3) is 0.261. The molecule has 2 aliphatic heterocycles. The van der Waals surface area contributed by atoms with E-state index in [9.17, 15) is 14.4 Å². The molecule has 3 aromatic rings. The molecule has 33 heavy (non-hydrogen) atoms. The SMILES string of the molecule is COc1ccc(N2C(=O)C3Sc4[nH]c(=O)sc4[C@H](c4ccc(OC)c(OC)c4)C3C2=O)cc1. The first kappa shape index (κ1) is 21.6. The Kier molecular flexibility index (Phi) is 5.41. The number of thioether (sulfide) groups is 1. The minimum atomic E-state index is -0.665. The van der Waals surface area contributed by atoms with Gasteiger partial charge in [-0.2, -0.15) is 0 Å². The van der Waals surface area contributed by atoms with Crippen LogP contribution in [-0.2, 0) is 9.59 Å². The average Bonchev–Trinajstić information content (AvgIpc) is 3.33. The summed E-state index contributed by atoms with van der Waals surface area (Å²) in [4.78, 5) is 44.0. The van der Waals surface area contributed by atoms with E-state index in [0.717, 1.165) is 21.8 Å². The quantitative estimate of drug-likeness (QED) is 0.555. The highest BCUT2D eigenvalue weighted by atomic mass is 32.2. The van der Waals surface area contributed by atoms with Crippen LogP contribution in [0.1, 0.15) is 16.4 Å². The molecule has 8 nitrogen and oxygen atoms in total. The van der Waals surface area contributed by atoms with Gasteiger partial charge in [-0.3, -0.25) is 14.4 Å². The summed E-state index contributed by atoms with van der Waals surface area (Å²) >= 11 is 2.31. The van der Waals surface area contributed by atoms with E-state index in [1.54, 1.807) is 50.6 Å². The van der Waals surface area contributed by atoms with Gasteiger partial charge in [-0.05, 0) is 42.0 Å². The number of rotatable bonds is 5. The fourth-order valence-electron chi connectivity index (χ4n) is 4.41. The largest absolute Gasteiger partial charge is 0.497 e. The molecule has 0 radical (unpaired) electrons. The van der Waals surface area contributed by atoms with E-state index >= 15 is 0 Å². The van der Waals surface area contributed by atoms with Gasteiger partial charge in [-0.25, -0.2) is 4.90 Å². The van der Waals surface area contributed by atoms with Crippen molar-refractivity contribution >= 4 is 40.6 Å². The number of fused-ring (bicyclic) bond motifs is 2. The lowest BCUT2D eigenvalue weighted by atomic mass is 9.83. The predicted octanol–water partition coefficient (Wildman–Crippen LogP) is 3.26. The molecule has 1 aromatic heterocycles. The second-order valence-corrected chi connectivity index (χ2v) is 9.74. The summed E-state index contributed by atoms with van der Waals surface area (Å²) in [5.41, 5.74) is 1.26. The molecular formula is C23H20N2O6S2. The summed E-state index contributed by atoms with van der Waals surface area (Å²) in [6.07, 6.45) is 0. The molecule has 1 saturated heterocycles. The minimum Gasteiger partial charge on any atom is -0.497 e. The van der Waals surface area contributed by atoms with Crippen LogP contribution in [0, 0.1) is 5.92 Å². The number of ether oxygens (including phenoxy) is 3. The molecular weight excluding hydrogens is 464 g/mol. The molecule has 2 aliphatic rings. The zero-order valence-electron chi connectivity index (χ0n) is 18.0. The van der Waals surface area contributed by atoms with Crippen LogP contribution in [0.4, 0.5) is 5.69 Å². The van der Waals surface area contributed by atoms with Crippen molar-refractivity contribution in [3.63, 3.8) is 0 Å². The summed E-state index contributed by atoms with van der Waals surface area (Å²) in [6.45, 7) is 0. The molecule has 0 saturated carbocycles. The van der Waals surface area contributed by atoms with Crippen LogP contribution >= 0.6 is 23.1 Å².